The normalized spacial score (nSPS) is 52.5. The number of allylic oxidation sites excluding steroid dienone is 10. The van der Waals surface area contributed by atoms with Gasteiger partial charge in [0.25, 0.3) is 0 Å². The molecule has 40 heavy (non-hydrogen) atoms. The molecule has 1 heteroatoms. The van der Waals surface area contributed by atoms with Crippen LogP contribution in [0.4, 0.5) is 0 Å². The molecule has 0 amide bonds. The van der Waals surface area contributed by atoms with E-state index in [4.69, 9.17) is 0 Å². The number of hydrogen-bond acceptors (Lipinski definition) is 1. The van der Waals surface area contributed by atoms with Crippen molar-refractivity contribution in [1.82, 2.24) is 5.32 Å². The van der Waals surface area contributed by atoms with Crippen LogP contribution >= 0.6 is 0 Å². The van der Waals surface area contributed by atoms with Crippen LogP contribution in [0.25, 0.3) is 0 Å². The fraction of sp³-hybridized carbons (Fsp3) is 0.744. The molecule has 0 heterocycles. The van der Waals surface area contributed by atoms with E-state index in [0.717, 1.165) is 71.0 Å². The Hall–Kier alpha value is -1.50. The van der Waals surface area contributed by atoms with Crippen molar-refractivity contribution < 1.29 is 0 Å². The van der Waals surface area contributed by atoms with Crippen molar-refractivity contribution in [3.8, 4) is 0 Å². The molecule has 0 aromatic carbocycles. The van der Waals surface area contributed by atoms with E-state index >= 15 is 0 Å². The van der Waals surface area contributed by atoms with E-state index in [1.54, 1.807) is 5.70 Å². The molecule has 13 unspecified atom stereocenters. The number of hydrogen-bond donors (Lipinski definition) is 1. The molecule has 0 aromatic heterocycles. The maximum atomic E-state index is 4.28. The van der Waals surface area contributed by atoms with Gasteiger partial charge in [0, 0.05) is 11.7 Å². The van der Waals surface area contributed by atoms with Crippen molar-refractivity contribution in [3.63, 3.8) is 0 Å². The Morgan fingerprint density at radius 1 is 0.700 bits per heavy atom. The quantitative estimate of drug-likeness (QED) is 0.353. The van der Waals surface area contributed by atoms with Crippen LogP contribution in [-0.4, -0.2) is 6.04 Å². The van der Waals surface area contributed by atoms with Crippen LogP contribution < -0.4 is 5.32 Å². The standard InChI is InChI=1S/C39H55N/c1-25-16-21-32-30-12-6-8-14-34(30)39(36(32)24-25)35-15-9-7-13-31(35)33-22-23-37(26(2)38(33)39)40-29-19-17-28(18-20-29)27-10-4-3-5-11-27/h3-4,8-9,14-16,19,21,25-28,30-38,40H,5-7,10-13,17-18,20,22-24H2,1-2H3/t25?,26?,27?,28?,30?,31?,32?,33?,34-,35?,36?,37?,38?,39?/m1/s1. The first-order valence-electron chi connectivity index (χ1n) is 17.8. The van der Waals surface area contributed by atoms with Crippen molar-refractivity contribution in [2.75, 3.05) is 0 Å². The van der Waals surface area contributed by atoms with Crippen molar-refractivity contribution in [2.24, 2.45) is 76.4 Å². The van der Waals surface area contributed by atoms with Gasteiger partial charge in [0.15, 0.2) is 0 Å². The third kappa shape index (κ3) is 3.91. The van der Waals surface area contributed by atoms with Gasteiger partial charge in [-0.15, -0.1) is 0 Å². The van der Waals surface area contributed by atoms with Gasteiger partial charge in [0.2, 0.25) is 0 Å². The molecular formula is C39H55N. The SMILES string of the molecule is CC1C=CC2C3CCC=C[C@H]3C3(C4C=CCCC4C4CCC(NC5=CCC(C6CC=CCC6)CC5)C(C)C43)C2C1. The van der Waals surface area contributed by atoms with E-state index in [1.165, 1.54) is 83.5 Å². The summed E-state index contributed by atoms with van der Waals surface area (Å²) >= 11 is 0. The summed E-state index contributed by atoms with van der Waals surface area (Å²) in [6.07, 6.45) is 41.6. The molecule has 1 spiro atoms. The minimum Gasteiger partial charge on any atom is -0.386 e. The van der Waals surface area contributed by atoms with E-state index in [2.05, 4.69) is 73.8 Å². The van der Waals surface area contributed by atoms with Gasteiger partial charge >= 0.3 is 0 Å². The fourth-order valence-corrected chi connectivity index (χ4v) is 13.0. The Bertz CT molecular complexity index is 1110. The Kier molecular flexibility index (Phi) is 6.76. The van der Waals surface area contributed by atoms with Crippen LogP contribution in [0.1, 0.15) is 97.3 Å². The highest BCUT2D eigenvalue weighted by molar-refractivity contribution is 5.30. The Balaban J connectivity index is 1.11. The maximum absolute atomic E-state index is 4.28. The van der Waals surface area contributed by atoms with Crippen molar-refractivity contribution in [1.29, 1.82) is 0 Å². The lowest BCUT2D eigenvalue weighted by molar-refractivity contribution is -0.0248. The summed E-state index contributed by atoms with van der Waals surface area (Å²) < 4.78 is 0. The topological polar surface area (TPSA) is 12.0 Å². The van der Waals surface area contributed by atoms with E-state index in [1.807, 2.05) is 0 Å². The summed E-state index contributed by atoms with van der Waals surface area (Å²) in [5.41, 5.74) is 2.09. The van der Waals surface area contributed by atoms with Gasteiger partial charge in [0.05, 0.1) is 0 Å². The summed E-state index contributed by atoms with van der Waals surface area (Å²) in [6, 6.07) is 0.671. The summed E-state index contributed by atoms with van der Waals surface area (Å²) in [6.45, 7) is 5.23. The highest BCUT2D eigenvalue weighted by atomic mass is 15.0. The molecule has 0 aliphatic heterocycles. The Labute approximate surface area is 245 Å². The van der Waals surface area contributed by atoms with Crippen LogP contribution in [-0.2, 0) is 0 Å². The van der Waals surface area contributed by atoms with Crippen LogP contribution in [0, 0.1) is 76.4 Å². The molecular weight excluding hydrogens is 482 g/mol. The van der Waals surface area contributed by atoms with Crippen LogP contribution in [0.2, 0.25) is 0 Å². The predicted molar refractivity (Wildman–Crippen MR) is 167 cm³/mol. The molecule has 1 N–H and O–H groups in total. The summed E-state index contributed by atoms with van der Waals surface area (Å²) in [7, 11) is 0. The number of fused-ring (bicyclic) bond motifs is 10. The third-order valence-electron chi connectivity index (χ3n) is 14.4. The average molecular weight is 538 g/mol. The first kappa shape index (κ1) is 26.2. The fourth-order valence-electron chi connectivity index (χ4n) is 13.0. The second-order valence-electron chi connectivity index (χ2n) is 15.9. The first-order chi connectivity index (χ1) is 19.7. The molecule has 216 valence electrons. The monoisotopic (exact) mass is 537 g/mol. The minimum atomic E-state index is 0.484. The summed E-state index contributed by atoms with van der Waals surface area (Å²) in [4.78, 5) is 0. The van der Waals surface area contributed by atoms with Crippen molar-refractivity contribution in [2.45, 2.75) is 103 Å². The van der Waals surface area contributed by atoms with Crippen LogP contribution in [0.15, 0.2) is 60.4 Å². The van der Waals surface area contributed by atoms with E-state index in [0.29, 0.717) is 11.5 Å². The molecule has 8 aliphatic rings. The molecule has 3 saturated carbocycles. The van der Waals surface area contributed by atoms with Gasteiger partial charge < -0.3 is 5.32 Å². The first-order valence-corrected chi connectivity index (χ1v) is 17.8. The maximum Gasteiger partial charge on any atom is 0.0286 e. The van der Waals surface area contributed by atoms with Crippen LogP contribution in [0.3, 0.4) is 0 Å². The van der Waals surface area contributed by atoms with Crippen molar-refractivity contribution >= 4 is 0 Å². The van der Waals surface area contributed by atoms with Crippen molar-refractivity contribution in [3.05, 3.63) is 60.4 Å². The second-order valence-corrected chi connectivity index (χ2v) is 15.9. The second kappa shape index (κ2) is 10.3. The van der Waals surface area contributed by atoms with Crippen LogP contribution in [0.5, 0.6) is 0 Å². The van der Waals surface area contributed by atoms with Gasteiger partial charge in [-0.3, -0.25) is 0 Å². The lowest BCUT2D eigenvalue weighted by Crippen LogP contribution is -2.52. The third-order valence-corrected chi connectivity index (χ3v) is 14.4. The van der Waals surface area contributed by atoms with Gasteiger partial charge in [-0.25, -0.2) is 0 Å². The van der Waals surface area contributed by atoms with E-state index < -0.39 is 0 Å². The molecule has 0 bridgehead atoms. The lowest BCUT2D eigenvalue weighted by Gasteiger charge is -2.53. The molecule has 1 nitrogen and oxygen atoms in total. The number of rotatable bonds is 3. The zero-order valence-electron chi connectivity index (χ0n) is 25.4. The molecule has 14 atom stereocenters. The molecule has 0 radical (unpaired) electrons. The predicted octanol–water partition coefficient (Wildman–Crippen LogP) is 9.65. The smallest absolute Gasteiger partial charge is 0.0286 e. The lowest BCUT2D eigenvalue weighted by atomic mass is 9.52. The molecule has 0 aromatic rings. The van der Waals surface area contributed by atoms with Gasteiger partial charge in [-0.05, 0) is 160 Å². The van der Waals surface area contributed by atoms with Gasteiger partial charge in [-0.2, -0.15) is 0 Å². The highest BCUT2D eigenvalue weighted by Gasteiger charge is 2.72. The minimum absolute atomic E-state index is 0.484. The Morgan fingerprint density at radius 2 is 1.48 bits per heavy atom. The summed E-state index contributed by atoms with van der Waals surface area (Å²) in [5.74, 6) is 10.4. The largest absolute Gasteiger partial charge is 0.386 e. The highest BCUT2D eigenvalue weighted by Crippen LogP contribution is 2.76. The molecule has 0 saturated heterocycles. The Morgan fingerprint density at radius 3 is 2.25 bits per heavy atom. The van der Waals surface area contributed by atoms with E-state index in [9.17, 15) is 0 Å². The zero-order chi connectivity index (χ0) is 26.8. The number of nitrogens with one attached hydrogen (secondary N) is 1. The summed E-state index contributed by atoms with van der Waals surface area (Å²) in [5, 5.41) is 4.28. The zero-order valence-corrected chi connectivity index (χ0v) is 25.4. The molecule has 8 rings (SSSR count). The molecule has 8 aliphatic carbocycles. The van der Waals surface area contributed by atoms with Gasteiger partial charge in [-0.1, -0.05) is 68.5 Å². The van der Waals surface area contributed by atoms with E-state index in [-0.39, 0.29) is 0 Å². The van der Waals surface area contributed by atoms with Gasteiger partial charge in [0.1, 0.15) is 0 Å². The average Bonchev–Trinajstić information content (AvgIpc) is 3.46. The molecule has 3 fully saturated rings.